The fourth-order valence-electron chi connectivity index (χ4n) is 4.52. The molecule has 2 unspecified atom stereocenters. The quantitative estimate of drug-likeness (QED) is 0.437. The van der Waals surface area contributed by atoms with Crippen molar-refractivity contribution in [2.75, 3.05) is 19.8 Å². The Morgan fingerprint density at radius 3 is 2.38 bits per heavy atom. The van der Waals surface area contributed by atoms with Crippen LogP contribution in [0.5, 0.6) is 11.5 Å². The van der Waals surface area contributed by atoms with Gasteiger partial charge >= 0.3 is 11.9 Å². The van der Waals surface area contributed by atoms with Crippen LogP contribution in [-0.2, 0) is 35.2 Å². The minimum atomic E-state index is -0.480. The van der Waals surface area contributed by atoms with Crippen molar-refractivity contribution in [3.63, 3.8) is 0 Å². The summed E-state index contributed by atoms with van der Waals surface area (Å²) in [6.45, 7) is 2.20. The van der Waals surface area contributed by atoms with Crippen LogP contribution in [0.15, 0.2) is 24.3 Å². The van der Waals surface area contributed by atoms with Gasteiger partial charge in [0.1, 0.15) is 24.7 Å². The molecule has 0 heterocycles. The Bertz CT molecular complexity index is 1050. The van der Waals surface area contributed by atoms with Crippen LogP contribution in [-0.4, -0.2) is 48.9 Å². The number of benzene rings is 2. The van der Waals surface area contributed by atoms with Gasteiger partial charge in [0.2, 0.25) is 0 Å². The molecule has 2 aromatic rings. The summed E-state index contributed by atoms with van der Waals surface area (Å²) in [5, 5.41) is 10.0. The molecule has 0 radical (unpaired) electrons. The lowest BCUT2D eigenvalue weighted by Crippen LogP contribution is -2.19. The zero-order valence-corrected chi connectivity index (χ0v) is 18.1. The number of phenols is 1. The van der Waals surface area contributed by atoms with Crippen LogP contribution in [0.4, 0.5) is 0 Å². The molecule has 0 bridgehead atoms. The number of hydrogen-bond donors (Lipinski definition) is 3. The van der Waals surface area contributed by atoms with Crippen LogP contribution in [0.25, 0.3) is 0 Å². The van der Waals surface area contributed by atoms with E-state index in [4.69, 9.17) is 25.7 Å². The highest BCUT2D eigenvalue weighted by molar-refractivity contribution is 5.93. The molecular formula is C24H28N2O6. The van der Waals surface area contributed by atoms with Crippen molar-refractivity contribution in [2.24, 2.45) is 11.5 Å². The van der Waals surface area contributed by atoms with Gasteiger partial charge in [0.15, 0.2) is 0 Å². The van der Waals surface area contributed by atoms with Crippen molar-refractivity contribution < 1.29 is 28.9 Å². The molecular weight excluding hydrogens is 412 g/mol. The Morgan fingerprint density at radius 2 is 1.59 bits per heavy atom. The Kier molecular flexibility index (Phi) is 6.34. The summed E-state index contributed by atoms with van der Waals surface area (Å²) >= 11 is 0. The number of hydrogen-bond acceptors (Lipinski definition) is 8. The second-order valence-electron chi connectivity index (χ2n) is 8.24. The number of esters is 2. The lowest BCUT2D eigenvalue weighted by Gasteiger charge is -2.13. The van der Waals surface area contributed by atoms with Gasteiger partial charge in [0.05, 0.1) is 17.7 Å². The molecule has 0 aliphatic heterocycles. The second-order valence-corrected chi connectivity index (χ2v) is 8.24. The van der Waals surface area contributed by atoms with Crippen molar-refractivity contribution in [1.29, 1.82) is 0 Å². The summed E-state index contributed by atoms with van der Waals surface area (Å²) in [7, 11) is 0. The Morgan fingerprint density at radius 1 is 0.906 bits per heavy atom. The van der Waals surface area contributed by atoms with E-state index in [1.165, 1.54) is 6.07 Å². The topological polar surface area (TPSA) is 134 Å². The molecule has 2 aliphatic carbocycles. The average molecular weight is 440 g/mol. The van der Waals surface area contributed by atoms with Gasteiger partial charge < -0.3 is 30.8 Å². The summed E-state index contributed by atoms with van der Waals surface area (Å²) in [4.78, 5) is 24.9. The zero-order valence-electron chi connectivity index (χ0n) is 18.1. The van der Waals surface area contributed by atoms with E-state index in [2.05, 4.69) is 0 Å². The predicted molar refractivity (Wildman–Crippen MR) is 117 cm³/mol. The second kappa shape index (κ2) is 9.18. The van der Waals surface area contributed by atoms with Crippen LogP contribution >= 0.6 is 0 Å². The van der Waals surface area contributed by atoms with Crippen molar-refractivity contribution in [1.82, 2.24) is 0 Å². The normalized spacial score (nSPS) is 18.7. The third-order valence-corrected chi connectivity index (χ3v) is 5.90. The van der Waals surface area contributed by atoms with Gasteiger partial charge in [-0.25, -0.2) is 9.59 Å². The van der Waals surface area contributed by atoms with E-state index in [0.717, 1.165) is 16.7 Å². The number of nitrogens with two attached hydrogens (primary N) is 2. The minimum absolute atomic E-state index is 0.0328. The van der Waals surface area contributed by atoms with Gasteiger partial charge in [0, 0.05) is 12.1 Å². The molecule has 170 valence electrons. The van der Waals surface area contributed by atoms with Gasteiger partial charge in [0.25, 0.3) is 0 Å². The lowest BCUT2D eigenvalue weighted by molar-refractivity contribution is 0.0449. The van der Waals surface area contributed by atoms with Crippen molar-refractivity contribution in [2.45, 2.75) is 44.7 Å². The smallest absolute Gasteiger partial charge is 0.338 e. The van der Waals surface area contributed by atoms with E-state index in [-0.39, 0.29) is 37.7 Å². The van der Waals surface area contributed by atoms with E-state index < -0.39 is 11.9 Å². The van der Waals surface area contributed by atoms with Gasteiger partial charge in [-0.15, -0.1) is 0 Å². The van der Waals surface area contributed by atoms with Gasteiger partial charge in [-0.05, 0) is 79.1 Å². The summed E-state index contributed by atoms with van der Waals surface area (Å²) in [5.41, 5.74) is 16.3. The van der Waals surface area contributed by atoms with E-state index in [0.29, 0.717) is 48.1 Å². The molecule has 8 nitrogen and oxygen atoms in total. The number of carbonyl (C=O) groups excluding carboxylic acids is 2. The monoisotopic (exact) mass is 440 g/mol. The molecule has 0 saturated heterocycles. The number of fused-ring (bicyclic) bond motifs is 2. The molecule has 0 spiro atoms. The van der Waals surface area contributed by atoms with Gasteiger partial charge in [-0.2, -0.15) is 0 Å². The molecule has 8 heteroatoms. The van der Waals surface area contributed by atoms with Crippen molar-refractivity contribution in [3.8, 4) is 11.5 Å². The first kappa shape index (κ1) is 22.1. The molecule has 32 heavy (non-hydrogen) atoms. The highest BCUT2D eigenvalue weighted by atomic mass is 16.6. The SMILES string of the molecule is CCOC(=O)c1cc(OCCOC(=O)c2ccc(O)c3c2CC(N)C3)cc2c1CC(N)C2. The summed E-state index contributed by atoms with van der Waals surface area (Å²) in [6, 6.07) is 6.44. The van der Waals surface area contributed by atoms with E-state index in [1.54, 1.807) is 19.1 Å². The Hall–Kier alpha value is -3.10. The summed E-state index contributed by atoms with van der Waals surface area (Å²) in [6.07, 6.45) is 2.36. The van der Waals surface area contributed by atoms with Crippen molar-refractivity contribution >= 4 is 11.9 Å². The third-order valence-electron chi connectivity index (χ3n) is 5.90. The fourth-order valence-corrected chi connectivity index (χ4v) is 4.52. The first-order chi connectivity index (χ1) is 15.4. The lowest BCUT2D eigenvalue weighted by atomic mass is 10.0. The van der Waals surface area contributed by atoms with Gasteiger partial charge in [-0.3, -0.25) is 0 Å². The highest BCUT2D eigenvalue weighted by Crippen LogP contribution is 2.33. The van der Waals surface area contributed by atoms with Crippen LogP contribution in [0.2, 0.25) is 0 Å². The number of aromatic hydroxyl groups is 1. The van der Waals surface area contributed by atoms with Crippen LogP contribution in [0, 0.1) is 0 Å². The molecule has 2 aliphatic rings. The molecule has 0 saturated carbocycles. The van der Waals surface area contributed by atoms with Crippen molar-refractivity contribution in [3.05, 3.63) is 57.6 Å². The molecule has 0 aromatic heterocycles. The van der Waals surface area contributed by atoms with E-state index >= 15 is 0 Å². The summed E-state index contributed by atoms with van der Waals surface area (Å²) < 4.78 is 16.3. The first-order valence-electron chi connectivity index (χ1n) is 10.8. The molecule has 2 atom stereocenters. The average Bonchev–Trinajstić information content (AvgIpc) is 3.32. The maximum absolute atomic E-state index is 12.6. The predicted octanol–water partition coefficient (Wildman–Crippen LogP) is 1.66. The molecule has 4 rings (SSSR count). The fraction of sp³-hybridized carbons (Fsp3) is 0.417. The van der Waals surface area contributed by atoms with E-state index in [9.17, 15) is 14.7 Å². The van der Waals surface area contributed by atoms with Crippen LogP contribution in [0.1, 0.15) is 49.9 Å². The number of carbonyl (C=O) groups is 2. The van der Waals surface area contributed by atoms with E-state index in [1.807, 2.05) is 6.07 Å². The summed E-state index contributed by atoms with van der Waals surface area (Å²) in [5.74, 6) is -0.213. The number of phenolic OH excluding ortho intramolecular Hbond substituents is 1. The third kappa shape index (κ3) is 4.42. The molecule has 2 aromatic carbocycles. The number of ether oxygens (including phenoxy) is 3. The molecule has 5 N–H and O–H groups in total. The van der Waals surface area contributed by atoms with Gasteiger partial charge in [-0.1, -0.05) is 0 Å². The Labute approximate surface area is 186 Å². The first-order valence-corrected chi connectivity index (χ1v) is 10.8. The highest BCUT2D eigenvalue weighted by Gasteiger charge is 2.28. The largest absolute Gasteiger partial charge is 0.508 e. The maximum Gasteiger partial charge on any atom is 0.338 e. The minimum Gasteiger partial charge on any atom is -0.508 e. The van der Waals surface area contributed by atoms with Crippen LogP contribution in [0.3, 0.4) is 0 Å². The number of rotatable bonds is 7. The maximum atomic E-state index is 12.6. The Balaban J connectivity index is 1.39. The molecule has 0 amide bonds. The van der Waals surface area contributed by atoms with Crippen LogP contribution < -0.4 is 16.2 Å². The zero-order chi connectivity index (χ0) is 22.8. The molecule has 0 fully saturated rings. The standard InChI is InChI=1S/C24H28N2O6/c1-2-30-24(29)21-12-16(8-13-7-14(25)9-18(13)21)31-5-6-32-23(28)17-3-4-22(27)20-11-15(26)10-19(17)20/h3-4,8,12,14-15,27H,2,5-7,9-11,25-26H2,1H3.